The van der Waals surface area contributed by atoms with Crippen molar-refractivity contribution < 1.29 is 14.5 Å². The number of benzene rings is 2. The second kappa shape index (κ2) is 8.91. The number of carbonyl (C=O) groups is 2. The minimum atomic E-state index is -0.566. The number of nitrogens with one attached hydrogen (secondary N) is 1. The highest BCUT2D eigenvalue weighted by atomic mass is 32.2. The zero-order valence-electron chi connectivity index (χ0n) is 16.1. The van der Waals surface area contributed by atoms with Gasteiger partial charge in [-0.15, -0.1) is 11.8 Å². The summed E-state index contributed by atoms with van der Waals surface area (Å²) in [5.74, 6) is 0.410. The summed E-state index contributed by atoms with van der Waals surface area (Å²) in [6.45, 7) is 3.98. The number of thioether (sulfide) groups is 1. The molecular weight excluding hydrogens is 390 g/mol. The molecule has 7 nitrogen and oxygen atoms in total. The summed E-state index contributed by atoms with van der Waals surface area (Å²) in [6, 6.07) is 11.2. The van der Waals surface area contributed by atoms with Gasteiger partial charge in [-0.2, -0.15) is 0 Å². The topological polar surface area (TPSA) is 92.6 Å². The summed E-state index contributed by atoms with van der Waals surface area (Å²) in [4.78, 5) is 37.2. The Balaban J connectivity index is 1.68. The second-order valence-corrected chi connectivity index (χ2v) is 7.80. The zero-order valence-corrected chi connectivity index (χ0v) is 16.9. The van der Waals surface area contributed by atoms with E-state index in [2.05, 4.69) is 5.32 Å². The molecule has 0 radical (unpaired) electrons. The molecule has 0 aromatic heterocycles. The first-order chi connectivity index (χ1) is 13.8. The second-order valence-electron chi connectivity index (χ2n) is 6.80. The fraction of sp³-hybridized carbons (Fsp3) is 0.238. The lowest BCUT2D eigenvalue weighted by Crippen LogP contribution is -2.43. The molecule has 150 valence electrons. The van der Waals surface area contributed by atoms with Crippen molar-refractivity contribution in [2.45, 2.75) is 19.9 Å². The molecule has 0 saturated carbocycles. The zero-order chi connectivity index (χ0) is 21.0. The van der Waals surface area contributed by atoms with E-state index in [-0.39, 0.29) is 17.5 Å². The number of amides is 2. The van der Waals surface area contributed by atoms with Crippen molar-refractivity contribution in [1.82, 2.24) is 4.90 Å². The SMILES string of the molecule is Cc1ccc(NC(=O)C2CSCN2C(=O)C=Cc2cccc([N+](=O)[O-])c2)cc1C. The molecule has 1 N–H and O–H groups in total. The van der Waals surface area contributed by atoms with Gasteiger partial charge >= 0.3 is 0 Å². The van der Waals surface area contributed by atoms with Crippen LogP contribution in [0, 0.1) is 24.0 Å². The number of nitrogens with zero attached hydrogens (tertiary/aromatic N) is 2. The number of anilines is 1. The molecule has 0 spiro atoms. The fourth-order valence-corrected chi connectivity index (χ4v) is 4.09. The van der Waals surface area contributed by atoms with Gasteiger partial charge in [-0.25, -0.2) is 0 Å². The standard InChI is InChI=1S/C21H21N3O4S/c1-14-6-8-17(10-15(14)2)22-21(26)19-12-29-13-23(19)20(25)9-7-16-4-3-5-18(11-16)24(27)28/h3-11,19H,12-13H2,1-2H3,(H,22,26). The van der Waals surface area contributed by atoms with Crippen molar-refractivity contribution >= 4 is 41.0 Å². The Morgan fingerprint density at radius 1 is 1.21 bits per heavy atom. The third-order valence-electron chi connectivity index (χ3n) is 4.74. The molecule has 1 fully saturated rings. The van der Waals surface area contributed by atoms with Gasteiger partial charge in [0.2, 0.25) is 11.8 Å². The molecule has 2 aromatic carbocycles. The van der Waals surface area contributed by atoms with E-state index < -0.39 is 11.0 Å². The van der Waals surface area contributed by atoms with Crippen LogP contribution in [0.25, 0.3) is 6.08 Å². The predicted molar refractivity (Wildman–Crippen MR) is 115 cm³/mol. The summed E-state index contributed by atoms with van der Waals surface area (Å²) in [7, 11) is 0. The number of non-ortho nitro benzene ring substituents is 1. The smallest absolute Gasteiger partial charge is 0.270 e. The number of hydrogen-bond acceptors (Lipinski definition) is 5. The molecule has 1 aliphatic rings. The van der Waals surface area contributed by atoms with E-state index in [1.165, 1.54) is 40.9 Å². The van der Waals surface area contributed by atoms with Crippen LogP contribution >= 0.6 is 11.8 Å². The Morgan fingerprint density at radius 2 is 2.00 bits per heavy atom. The molecule has 1 atom stereocenters. The van der Waals surface area contributed by atoms with Crippen LogP contribution in [-0.4, -0.2) is 39.3 Å². The van der Waals surface area contributed by atoms with Crippen LogP contribution in [0.15, 0.2) is 48.5 Å². The highest BCUT2D eigenvalue weighted by Gasteiger charge is 2.33. The van der Waals surface area contributed by atoms with Crippen LogP contribution in [0.1, 0.15) is 16.7 Å². The van der Waals surface area contributed by atoms with Crippen LogP contribution in [0.4, 0.5) is 11.4 Å². The molecule has 0 aliphatic carbocycles. The Morgan fingerprint density at radius 3 is 2.72 bits per heavy atom. The largest absolute Gasteiger partial charge is 0.324 e. The van der Waals surface area contributed by atoms with Crippen LogP contribution in [0.3, 0.4) is 0 Å². The average Bonchev–Trinajstić information content (AvgIpc) is 3.19. The van der Waals surface area contributed by atoms with E-state index in [1.54, 1.807) is 12.1 Å². The minimum absolute atomic E-state index is 0.0398. The Labute approximate surface area is 172 Å². The predicted octanol–water partition coefficient (Wildman–Crippen LogP) is 3.77. The maximum atomic E-state index is 12.7. The number of carbonyl (C=O) groups excluding carboxylic acids is 2. The van der Waals surface area contributed by atoms with Gasteiger partial charge in [0.25, 0.3) is 5.69 Å². The van der Waals surface area contributed by atoms with Crippen molar-refractivity contribution in [3.8, 4) is 0 Å². The summed E-state index contributed by atoms with van der Waals surface area (Å²) in [5, 5.41) is 13.8. The van der Waals surface area contributed by atoms with Crippen LogP contribution < -0.4 is 5.32 Å². The van der Waals surface area contributed by atoms with Gasteiger partial charge in [0.15, 0.2) is 0 Å². The lowest BCUT2D eigenvalue weighted by atomic mass is 10.1. The monoisotopic (exact) mass is 411 g/mol. The molecular formula is C21H21N3O4S. The minimum Gasteiger partial charge on any atom is -0.324 e. The molecule has 1 aliphatic heterocycles. The van der Waals surface area contributed by atoms with Gasteiger partial charge in [-0.1, -0.05) is 18.2 Å². The first kappa shape index (κ1) is 20.6. The average molecular weight is 411 g/mol. The maximum absolute atomic E-state index is 12.7. The number of rotatable bonds is 5. The van der Waals surface area contributed by atoms with Gasteiger partial charge in [0.1, 0.15) is 6.04 Å². The van der Waals surface area contributed by atoms with Crippen LogP contribution in [0.2, 0.25) is 0 Å². The summed E-state index contributed by atoms with van der Waals surface area (Å²) < 4.78 is 0. The molecule has 3 rings (SSSR count). The van der Waals surface area contributed by atoms with Gasteiger partial charge in [0.05, 0.1) is 10.8 Å². The first-order valence-electron chi connectivity index (χ1n) is 9.04. The van der Waals surface area contributed by atoms with E-state index in [0.29, 0.717) is 22.9 Å². The Hall–Kier alpha value is -3.13. The van der Waals surface area contributed by atoms with Crippen LogP contribution in [-0.2, 0) is 9.59 Å². The molecule has 1 heterocycles. The highest BCUT2D eigenvalue weighted by Crippen LogP contribution is 2.24. The molecule has 2 aromatic rings. The number of aryl methyl sites for hydroxylation is 2. The molecule has 8 heteroatoms. The van der Waals surface area contributed by atoms with Crippen molar-refractivity contribution in [3.05, 3.63) is 75.3 Å². The number of hydrogen-bond donors (Lipinski definition) is 1. The van der Waals surface area contributed by atoms with Crippen molar-refractivity contribution in [1.29, 1.82) is 0 Å². The first-order valence-corrected chi connectivity index (χ1v) is 10.2. The quantitative estimate of drug-likeness (QED) is 0.459. The lowest BCUT2D eigenvalue weighted by molar-refractivity contribution is -0.384. The Kier molecular flexibility index (Phi) is 6.33. The Bertz CT molecular complexity index is 990. The van der Waals surface area contributed by atoms with Gasteiger partial charge < -0.3 is 10.2 Å². The fourth-order valence-electron chi connectivity index (χ4n) is 2.93. The van der Waals surface area contributed by atoms with Crippen LogP contribution in [0.5, 0.6) is 0 Å². The highest BCUT2D eigenvalue weighted by molar-refractivity contribution is 7.99. The van der Waals surface area contributed by atoms with E-state index in [0.717, 1.165) is 11.1 Å². The maximum Gasteiger partial charge on any atom is 0.270 e. The van der Waals surface area contributed by atoms with Gasteiger partial charge in [-0.3, -0.25) is 19.7 Å². The van der Waals surface area contributed by atoms with Crippen molar-refractivity contribution in [2.24, 2.45) is 0 Å². The molecule has 1 unspecified atom stereocenters. The third-order valence-corrected chi connectivity index (χ3v) is 5.75. The number of nitro benzene ring substituents is 1. The van der Waals surface area contributed by atoms with E-state index in [1.807, 2.05) is 32.0 Å². The van der Waals surface area contributed by atoms with E-state index in [4.69, 9.17) is 0 Å². The van der Waals surface area contributed by atoms with E-state index >= 15 is 0 Å². The third kappa shape index (κ3) is 5.03. The summed E-state index contributed by atoms with van der Waals surface area (Å²) in [5.41, 5.74) is 3.44. The van der Waals surface area contributed by atoms with Crippen molar-refractivity contribution in [2.75, 3.05) is 16.9 Å². The number of nitro groups is 1. The molecule has 0 bridgehead atoms. The van der Waals surface area contributed by atoms with E-state index in [9.17, 15) is 19.7 Å². The van der Waals surface area contributed by atoms with Gasteiger partial charge in [-0.05, 0) is 48.7 Å². The summed E-state index contributed by atoms with van der Waals surface area (Å²) >= 11 is 1.51. The molecule has 29 heavy (non-hydrogen) atoms. The lowest BCUT2D eigenvalue weighted by Gasteiger charge is -2.22. The molecule has 1 saturated heterocycles. The molecule has 2 amide bonds. The van der Waals surface area contributed by atoms with Gasteiger partial charge in [0, 0.05) is 29.6 Å². The summed E-state index contributed by atoms with van der Waals surface area (Å²) in [6.07, 6.45) is 2.87. The van der Waals surface area contributed by atoms with Crippen molar-refractivity contribution in [3.63, 3.8) is 0 Å². The normalized spacial score (nSPS) is 16.2.